The molecule has 0 saturated carbocycles. The normalized spacial score (nSPS) is 19.0. The first-order valence-corrected chi connectivity index (χ1v) is 4.43. The van der Waals surface area contributed by atoms with Crippen LogP contribution in [0.25, 0.3) is 0 Å². The van der Waals surface area contributed by atoms with Crippen LogP contribution in [-0.2, 0) is 0 Å². The molecule has 0 saturated heterocycles. The molecule has 0 fully saturated rings. The first-order valence-electron chi connectivity index (χ1n) is 3.14. The summed E-state index contributed by atoms with van der Waals surface area (Å²) in [5, 5.41) is 35.2. The Balaban J connectivity index is 3.70. The molecule has 0 aromatic rings. The molecule has 0 spiro atoms. The van der Waals surface area contributed by atoms with Crippen LogP contribution in [0.3, 0.4) is 0 Å². The van der Waals surface area contributed by atoms with Crippen LogP contribution in [0.1, 0.15) is 0 Å². The van der Waals surface area contributed by atoms with E-state index in [0.29, 0.717) is 0 Å². The van der Waals surface area contributed by atoms with Gasteiger partial charge in [0, 0.05) is 6.26 Å². The standard InChI is InChI=1S/C6H13O4S/c1-11-3-5(9)6(10)4(8)2-7/h3-10H,2H2,1H3/q+1/t4-,5+,6-/m1/s1. The maximum Gasteiger partial charge on any atom is 0.236 e. The van der Waals surface area contributed by atoms with Crippen LogP contribution in [0.2, 0.25) is 0 Å². The van der Waals surface area contributed by atoms with Crippen LogP contribution in [0.15, 0.2) is 0 Å². The van der Waals surface area contributed by atoms with Gasteiger partial charge in [-0.1, -0.05) is 0 Å². The molecule has 0 aliphatic rings. The molecule has 66 valence electrons. The molecule has 0 bridgehead atoms. The third-order valence-electron chi connectivity index (χ3n) is 1.21. The molecule has 4 nitrogen and oxygen atoms in total. The number of thioether (sulfide) groups is 1. The molecular weight excluding hydrogens is 168 g/mol. The van der Waals surface area contributed by atoms with E-state index in [9.17, 15) is 0 Å². The quantitative estimate of drug-likeness (QED) is 0.392. The fourth-order valence-electron chi connectivity index (χ4n) is 0.556. The summed E-state index contributed by atoms with van der Waals surface area (Å²) >= 11 is 1.24. The summed E-state index contributed by atoms with van der Waals surface area (Å²) in [4.78, 5) is 0. The van der Waals surface area contributed by atoms with Gasteiger partial charge in [0.1, 0.15) is 6.10 Å². The van der Waals surface area contributed by atoms with Crippen LogP contribution in [-0.4, -0.2) is 51.6 Å². The molecular formula is C6H13O4S+. The number of aliphatic hydroxyl groups is 4. The minimum atomic E-state index is -1.31. The zero-order valence-electron chi connectivity index (χ0n) is 6.21. The number of hydrogen-bond acceptors (Lipinski definition) is 5. The summed E-state index contributed by atoms with van der Waals surface area (Å²) in [7, 11) is 0. The fraction of sp³-hybridized carbons (Fsp3) is 0.833. The van der Waals surface area contributed by atoms with Gasteiger partial charge >= 0.3 is 0 Å². The van der Waals surface area contributed by atoms with Crippen LogP contribution in [0.5, 0.6) is 0 Å². The van der Waals surface area contributed by atoms with Crippen molar-refractivity contribution in [3.8, 4) is 0 Å². The van der Waals surface area contributed by atoms with E-state index in [0.717, 1.165) is 0 Å². The van der Waals surface area contributed by atoms with Gasteiger partial charge in [0.05, 0.1) is 18.4 Å². The minimum absolute atomic E-state index is 0.555. The van der Waals surface area contributed by atoms with Crippen molar-refractivity contribution in [3.63, 3.8) is 0 Å². The maximum atomic E-state index is 9.02. The smallest absolute Gasteiger partial charge is 0.236 e. The van der Waals surface area contributed by atoms with Crippen molar-refractivity contribution < 1.29 is 20.4 Å². The van der Waals surface area contributed by atoms with Crippen molar-refractivity contribution in [3.05, 3.63) is 5.75 Å². The van der Waals surface area contributed by atoms with Gasteiger partial charge in [-0.05, 0) is 0 Å². The second-order valence-electron chi connectivity index (χ2n) is 2.10. The van der Waals surface area contributed by atoms with E-state index in [4.69, 9.17) is 20.4 Å². The largest absolute Gasteiger partial charge is 0.394 e. The summed E-state index contributed by atoms with van der Waals surface area (Å²) in [6.45, 7) is -0.555. The summed E-state index contributed by atoms with van der Waals surface area (Å²) in [5.41, 5.74) is 0. The van der Waals surface area contributed by atoms with Gasteiger partial charge in [-0.25, -0.2) is 0 Å². The first kappa shape index (κ1) is 11.1. The number of hydrogen-bond donors (Lipinski definition) is 4. The molecule has 0 radical (unpaired) electrons. The van der Waals surface area contributed by atoms with Crippen LogP contribution < -0.4 is 0 Å². The van der Waals surface area contributed by atoms with Crippen molar-refractivity contribution in [1.29, 1.82) is 0 Å². The van der Waals surface area contributed by atoms with Gasteiger partial charge < -0.3 is 20.4 Å². The lowest BCUT2D eigenvalue weighted by molar-refractivity contribution is -0.0631. The molecule has 11 heavy (non-hydrogen) atoms. The summed E-state index contributed by atoms with van der Waals surface area (Å²) in [6.07, 6.45) is -1.98. The zero-order valence-corrected chi connectivity index (χ0v) is 7.03. The van der Waals surface area contributed by atoms with E-state index >= 15 is 0 Å². The topological polar surface area (TPSA) is 80.9 Å². The molecule has 0 heterocycles. The highest BCUT2D eigenvalue weighted by Crippen LogP contribution is 2.09. The van der Waals surface area contributed by atoms with Crippen LogP contribution >= 0.6 is 11.8 Å². The Bertz CT molecular complexity index is 101. The Morgan fingerprint density at radius 1 is 1.36 bits per heavy atom. The van der Waals surface area contributed by atoms with E-state index < -0.39 is 24.9 Å². The molecule has 0 aromatic carbocycles. The molecule has 0 aliphatic carbocycles. The average Bonchev–Trinajstić information content (AvgIpc) is 2.02. The zero-order chi connectivity index (χ0) is 8.85. The van der Waals surface area contributed by atoms with E-state index in [1.807, 2.05) is 0 Å². The van der Waals surface area contributed by atoms with Gasteiger partial charge in [-0.15, -0.1) is 0 Å². The molecule has 0 rings (SSSR count). The monoisotopic (exact) mass is 181 g/mol. The Kier molecular flexibility index (Phi) is 5.71. The fourth-order valence-corrected chi connectivity index (χ4v) is 0.995. The average molecular weight is 181 g/mol. The van der Waals surface area contributed by atoms with Gasteiger partial charge in [0.2, 0.25) is 6.10 Å². The van der Waals surface area contributed by atoms with Gasteiger partial charge in [-0.2, -0.15) is 0 Å². The minimum Gasteiger partial charge on any atom is -0.394 e. The lowest BCUT2D eigenvalue weighted by Crippen LogP contribution is -2.39. The van der Waals surface area contributed by atoms with Crippen LogP contribution in [0, 0.1) is 5.75 Å². The summed E-state index contributed by atoms with van der Waals surface area (Å²) in [5.74, 6) is 1.38. The SMILES string of the molecule is CS[CH+][C@H](O)[C@H](O)[C@H](O)CO. The van der Waals surface area contributed by atoms with Gasteiger partial charge in [-0.3, -0.25) is 0 Å². The third kappa shape index (κ3) is 3.83. The van der Waals surface area contributed by atoms with E-state index in [1.54, 1.807) is 6.26 Å². The second-order valence-corrected chi connectivity index (χ2v) is 2.85. The Hall–Kier alpha value is 0.0600. The van der Waals surface area contributed by atoms with Gasteiger partial charge in [0.15, 0.2) is 11.9 Å². The van der Waals surface area contributed by atoms with Crippen molar-refractivity contribution in [1.82, 2.24) is 0 Å². The Morgan fingerprint density at radius 3 is 2.27 bits per heavy atom. The lowest BCUT2D eigenvalue weighted by atomic mass is 10.1. The third-order valence-corrected chi connectivity index (χ3v) is 1.76. The highest BCUT2D eigenvalue weighted by Gasteiger charge is 2.29. The Morgan fingerprint density at radius 2 is 1.91 bits per heavy atom. The van der Waals surface area contributed by atoms with E-state index in [1.165, 1.54) is 17.5 Å². The molecule has 5 heteroatoms. The highest BCUT2D eigenvalue weighted by atomic mass is 32.2. The molecule has 3 atom stereocenters. The number of rotatable bonds is 5. The number of aliphatic hydroxyl groups excluding tert-OH is 4. The molecule has 0 unspecified atom stereocenters. The highest BCUT2D eigenvalue weighted by molar-refractivity contribution is 8.00. The summed E-state index contributed by atoms with van der Waals surface area (Å²) in [6, 6.07) is 0. The van der Waals surface area contributed by atoms with Crippen molar-refractivity contribution >= 4 is 11.8 Å². The van der Waals surface area contributed by atoms with Crippen molar-refractivity contribution in [2.75, 3.05) is 12.9 Å². The molecule has 4 N–H and O–H groups in total. The lowest BCUT2D eigenvalue weighted by Gasteiger charge is -2.14. The Labute approximate surface area is 69.9 Å². The predicted octanol–water partition coefficient (Wildman–Crippen LogP) is -1.41. The first-order chi connectivity index (χ1) is 5.13. The predicted molar refractivity (Wildman–Crippen MR) is 42.9 cm³/mol. The van der Waals surface area contributed by atoms with E-state index in [2.05, 4.69) is 0 Å². The van der Waals surface area contributed by atoms with Gasteiger partial charge in [0.25, 0.3) is 0 Å². The van der Waals surface area contributed by atoms with Crippen molar-refractivity contribution in [2.45, 2.75) is 18.3 Å². The molecule has 0 amide bonds. The van der Waals surface area contributed by atoms with E-state index in [-0.39, 0.29) is 0 Å². The molecule has 0 aliphatic heterocycles. The molecule has 0 aromatic heterocycles. The maximum absolute atomic E-state index is 9.02. The summed E-state index contributed by atoms with van der Waals surface area (Å²) < 4.78 is 0. The van der Waals surface area contributed by atoms with Crippen molar-refractivity contribution in [2.24, 2.45) is 0 Å². The second kappa shape index (κ2) is 5.68. The van der Waals surface area contributed by atoms with Crippen LogP contribution in [0.4, 0.5) is 0 Å².